The maximum atomic E-state index is 9.87. The van der Waals surface area contributed by atoms with Crippen LogP contribution in [0.4, 0.5) is 0 Å². The molecule has 0 aromatic rings. The molecular formula is C10H21N3O. The summed E-state index contributed by atoms with van der Waals surface area (Å²) in [7, 11) is 3.87. The summed E-state index contributed by atoms with van der Waals surface area (Å²) < 4.78 is 0. The molecule has 0 saturated heterocycles. The molecule has 0 aliphatic heterocycles. The summed E-state index contributed by atoms with van der Waals surface area (Å²) in [5.41, 5.74) is -0.698. The molecule has 0 aromatic carbocycles. The van der Waals surface area contributed by atoms with Gasteiger partial charge in [0.05, 0.1) is 11.7 Å². The first kappa shape index (κ1) is 13.4. The summed E-state index contributed by atoms with van der Waals surface area (Å²) in [6, 6.07) is 2.09. The van der Waals surface area contributed by atoms with Crippen molar-refractivity contribution in [1.82, 2.24) is 10.2 Å². The molecule has 1 atom stereocenters. The van der Waals surface area contributed by atoms with Crippen LogP contribution < -0.4 is 5.32 Å². The smallest absolute Gasteiger partial charge is 0.0869 e. The Balaban J connectivity index is 3.51. The lowest BCUT2D eigenvalue weighted by Gasteiger charge is -2.27. The fourth-order valence-electron chi connectivity index (χ4n) is 1.39. The first-order chi connectivity index (χ1) is 6.48. The summed E-state index contributed by atoms with van der Waals surface area (Å²) in [5.74, 6) is 0. The number of nitriles is 1. The Morgan fingerprint density at radius 2 is 2.14 bits per heavy atom. The van der Waals surface area contributed by atoms with E-state index < -0.39 is 5.60 Å². The fraction of sp³-hybridized carbons (Fsp3) is 0.900. The van der Waals surface area contributed by atoms with Crippen LogP contribution in [0, 0.1) is 11.3 Å². The van der Waals surface area contributed by atoms with Gasteiger partial charge in [0.1, 0.15) is 0 Å². The highest BCUT2D eigenvalue weighted by Gasteiger charge is 2.20. The van der Waals surface area contributed by atoms with E-state index in [-0.39, 0.29) is 0 Å². The van der Waals surface area contributed by atoms with Crippen molar-refractivity contribution in [1.29, 1.82) is 5.26 Å². The summed E-state index contributed by atoms with van der Waals surface area (Å²) in [5, 5.41) is 21.3. The molecule has 14 heavy (non-hydrogen) atoms. The lowest BCUT2D eigenvalue weighted by atomic mass is 10.1. The van der Waals surface area contributed by atoms with Crippen molar-refractivity contribution >= 4 is 0 Å². The molecule has 0 aliphatic carbocycles. The third-order valence-corrected chi connectivity index (χ3v) is 1.80. The number of nitrogens with one attached hydrogen (secondary N) is 1. The van der Waals surface area contributed by atoms with Crippen molar-refractivity contribution in [3.05, 3.63) is 0 Å². The van der Waals surface area contributed by atoms with Gasteiger partial charge in [0.15, 0.2) is 0 Å². The standard InChI is InChI=1S/C10H21N3O/c1-10(14,9-13(2)3)8-12-7-5-4-6-11/h12,14H,4-5,7-9H2,1-3H3. The van der Waals surface area contributed by atoms with Crippen molar-refractivity contribution < 1.29 is 5.11 Å². The Bertz CT molecular complexity index is 184. The van der Waals surface area contributed by atoms with Gasteiger partial charge in [-0.3, -0.25) is 0 Å². The first-order valence-electron chi connectivity index (χ1n) is 4.93. The van der Waals surface area contributed by atoms with Crippen molar-refractivity contribution in [3.63, 3.8) is 0 Å². The molecule has 1 unspecified atom stereocenters. The van der Waals surface area contributed by atoms with E-state index in [4.69, 9.17) is 5.26 Å². The minimum atomic E-state index is -0.698. The molecule has 4 heteroatoms. The molecule has 0 saturated carbocycles. The Hall–Kier alpha value is -0.630. The Labute approximate surface area is 86.5 Å². The van der Waals surface area contributed by atoms with Crippen LogP contribution in [-0.2, 0) is 0 Å². The quantitative estimate of drug-likeness (QED) is 0.575. The molecule has 0 radical (unpaired) electrons. The number of unbranched alkanes of at least 4 members (excludes halogenated alkanes) is 1. The fourth-order valence-corrected chi connectivity index (χ4v) is 1.39. The largest absolute Gasteiger partial charge is 0.388 e. The van der Waals surface area contributed by atoms with E-state index in [1.807, 2.05) is 25.9 Å². The second kappa shape index (κ2) is 6.77. The monoisotopic (exact) mass is 199 g/mol. The normalized spacial score (nSPS) is 15.1. The molecule has 4 nitrogen and oxygen atoms in total. The van der Waals surface area contributed by atoms with Crippen molar-refractivity contribution in [2.45, 2.75) is 25.4 Å². The van der Waals surface area contributed by atoms with Gasteiger partial charge < -0.3 is 15.3 Å². The van der Waals surface area contributed by atoms with Crippen LogP contribution in [0.5, 0.6) is 0 Å². The molecule has 82 valence electrons. The molecule has 0 aromatic heterocycles. The van der Waals surface area contributed by atoms with Crippen molar-refractivity contribution in [3.8, 4) is 6.07 Å². The van der Waals surface area contributed by atoms with Crippen LogP contribution in [0.1, 0.15) is 19.8 Å². The number of hydrogen-bond acceptors (Lipinski definition) is 4. The second-order valence-corrected chi connectivity index (χ2v) is 4.17. The average Bonchev–Trinajstić information content (AvgIpc) is 2.01. The van der Waals surface area contributed by atoms with Gasteiger partial charge in [-0.2, -0.15) is 5.26 Å². The molecule has 0 fully saturated rings. The topological polar surface area (TPSA) is 59.3 Å². The van der Waals surface area contributed by atoms with E-state index in [0.717, 1.165) is 13.0 Å². The molecule has 2 N–H and O–H groups in total. The van der Waals surface area contributed by atoms with Crippen LogP contribution >= 0.6 is 0 Å². The van der Waals surface area contributed by atoms with Gasteiger partial charge in [0.2, 0.25) is 0 Å². The first-order valence-corrected chi connectivity index (χ1v) is 4.93. The molecule has 0 rings (SSSR count). The molecule has 0 spiro atoms. The minimum absolute atomic E-state index is 0.566. The van der Waals surface area contributed by atoms with E-state index in [0.29, 0.717) is 19.5 Å². The Kier molecular flexibility index (Phi) is 6.46. The van der Waals surface area contributed by atoms with Gasteiger partial charge in [-0.15, -0.1) is 0 Å². The molecular weight excluding hydrogens is 178 g/mol. The summed E-state index contributed by atoms with van der Waals surface area (Å²) in [6.07, 6.45) is 1.41. The van der Waals surface area contributed by atoms with Gasteiger partial charge in [-0.05, 0) is 34.0 Å². The highest BCUT2D eigenvalue weighted by Crippen LogP contribution is 2.02. The Morgan fingerprint density at radius 1 is 1.50 bits per heavy atom. The van der Waals surface area contributed by atoms with Crippen molar-refractivity contribution in [2.75, 3.05) is 33.7 Å². The molecule has 0 bridgehead atoms. The van der Waals surface area contributed by atoms with Gasteiger partial charge in [-0.1, -0.05) is 0 Å². The third-order valence-electron chi connectivity index (χ3n) is 1.80. The lowest BCUT2D eigenvalue weighted by Crippen LogP contribution is -2.45. The second-order valence-electron chi connectivity index (χ2n) is 4.17. The van der Waals surface area contributed by atoms with E-state index in [1.165, 1.54) is 0 Å². The van der Waals surface area contributed by atoms with E-state index >= 15 is 0 Å². The zero-order valence-electron chi connectivity index (χ0n) is 9.38. The van der Waals surface area contributed by atoms with Gasteiger partial charge in [-0.25, -0.2) is 0 Å². The molecule has 0 aliphatic rings. The number of hydrogen-bond donors (Lipinski definition) is 2. The number of likely N-dealkylation sites (N-methyl/N-ethyl adjacent to an activating group) is 1. The van der Waals surface area contributed by atoms with Crippen LogP contribution in [0.15, 0.2) is 0 Å². The Morgan fingerprint density at radius 3 is 2.64 bits per heavy atom. The number of rotatable bonds is 7. The summed E-state index contributed by atoms with van der Waals surface area (Å²) in [4.78, 5) is 1.96. The van der Waals surface area contributed by atoms with E-state index in [2.05, 4.69) is 11.4 Å². The van der Waals surface area contributed by atoms with Crippen LogP contribution in [0.3, 0.4) is 0 Å². The lowest BCUT2D eigenvalue weighted by molar-refractivity contribution is 0.0340. The molecule has 0 heterocycles. The zero-order chi connectivity index (χ0) is 11.0. The highest BCUT2D eigenvalue weighted by atomic mass is 16.3. The molecule has 0 amide bonds. The van der Waals surface area contributed by atoms with Gasteiger partial charge >= 0.3 is 0 Å². The van der Waals surface area contributed by atoms with E-state index in [1.54, 1.807) is 0 Å². The number of nitrogens with zero attached hydrogens (tertiary/aromatic N) is 2. The maximum absolute atomic E-state index is 9.87. The minimum Gasteiger partial charge on any atom is -0.388 e. The van der Waals surface area contributed by atoms with E-state index in [9.17, 15) is 5.11 Å². The summed E-state index contributed by atoms with van der Waals surface area (Å²) >= 11 is 0. The van der Waals surface area contributed by atoms with Crippen molar-refractivity contribution in [2.24, 2.45) is 0 Å². The van der Waals surface area contributed by atoms with Gasteiger partial charge in [0.25, 0.3) is 0 Å². The van der Waals surface area contributed by atoms with Crippen LogP contribution in [0.2, 0.25) is 0 Å². The summed E-state index contributed by atoms with van der Waals surface area (Å²) in [6.45, 7) is 3.80. The third kappa shape index (κ3) is 7.99. The van der Waals surface area contributed by atoms with Crippen LogP contribution in [-0.4, -0.2) is 49.3 Å². The zero-order valence-corrected chi connectivity index (χ0v) is 9.38. The predicted octanol–water partition coefficient (Wildman–Crippen LogP) is 0.192. The van der Waals surface area contributed by atoms with Crippen LogP contribution in [0.25, 0.3) is 0 Å². The van der Waals surface area contributed by atoms with Gasteiger partial charge in [0, 0.05) is 19.5 Å². The average molecular weight is 199 g/mol. The maximum Gasteiger partial charge on any atom is 0.0869 e. The highest BCUT2D eigenvalue weighted by molar-refractivity contribution is 4.78. The SMILES string of the molecule is CN(C)CC(C)(O)CNCCCC#N. The predicted molar refractivity (Wildman–Crippen MR) is 56.9 cm³/mol. The number of aliphatic hydroxyl groups is 1.